The first-order valence-electron chi connectivity index (χ1n) is 5.56. The first-order chi connectivity index (χ1) is 7.07. The second-order valence-corrected chi connectivity index (χ2v) is 4.79. The fourth-order valence-electron chi connectivity index (χ4n) is 1.85. The Morgan fingerprint density at radius 2 is 1.73 bits per heavy atom. The molecule has 0 spiro atoms. The third-order valence-electron chi connectivity index (χ3n) is 3.31. The van der Waals surface area contributed by atoms with Crippen LogP contribution in [0.15, 0.2) is 0 Å². The van der Waals surface area contributed by atoms with Crippen molar-refractivity contribution in [2.24, 2.45) is 0 Å². The topological polar surface area (TPSA) is 37.8 Å². The van der Waals surface area contributed by atoms with Gasteiger partial charge in [-0.25, -0.2) is 9.97 Å². The molecule has 1 heterocycles. The molecule has 3 heteroatoms. The molecule has 0 unspecified atom stereocenters. The summed E-state index contributed by atoms with van der Waals surface area (Å²) in [5, 5.41) is 3.16. The molecule has 1 saturated carbocycles. The highest BCUT2D eigenvalue weighted by Crippen LogP contribution is 2.46. The van der Waals surface area contributed by atoms with E-state index >= 15 is 0 Å². The van der Waals surface area contributed by atoms with Crippen molar-refractivity contribution in [3.8, 4) is 0 Å². The summed E-state index contributed by atoms with van der Waals surface area (Å²) in [6.07, 6.45) is 2.47. The first kappa shape index (κ1) is 10.6. The third kappa shape index (κ3) is 1.88. The summed E-state index contributed by atoms with van der Waals surface area (Å²) >= 11 is 0. The number of rotatable bonds is 3. The lowest BCUT2D eigenvalue weighted by atomic mass is 10.1. The van der Waals surface area contributed by atoms with E-state index in [0.717, 1.165) is 23.8 Å². The highest BCUT2D eigenvalue weighted by atomic mass is 14.9. The molecule has 0 amide bonds. The third-order valence-corrected chi connectivity index (χ3v) is 3.31. The Kier molecular flexibility index (Phi) is 2.51. The Bertz CT molecular complexity index is 357. The minimum absolute atomic E-state index is 0.272. The lowest BCUT2D eigenvalue weighted by Gasteiger charge is -2.13. The standard InChI is InChI=1S/C12H19N3/c1-8-10(7-13-4)9(2)15-11(14-8)12(3)5-6-12/h13H,5-7H2,1-4H3. The number of aromatic nitrogens is 2. The van der Waals surface area contributed by atoms with Gasteiger partial charge in [-0.1, -0.05) is 6.92 Å². The zero-order valence-corrected chi connectivity index (χ0v) is 10.0. The largest absolute Gasteiger partial charge is 0.316 e. The lowest BCUT2D eigenvalue weighted by molar-refractivity contribution is 0.682. The fraction of sp³-hybridized carbons (Fsp3) is 0.667. The van der Waals surface area contributed by atoms with E-state index in [4.69, 9.17) is 0 Å². The van der Waals surface area contributed by atoms with Crippen molar-refractivity contribution in [1.82, 2.24) is 15.3 Å². The van der Waals surface area contributed by atoms with Gasteiger partial charge in [0.05, 0.1) is 0 Å². The maximum atomic E-state index is 4.64. The second kappa shape index (κ2) is 3.56. The van der Waals surface area contributed by atoms with Crippen LogP contribution in [0.25, 0.3) is 0 Å². The van der Waals surface area contributed by atoms with Gasteiger partial charge in [0, 0.05) is 28.9 Å². The highest BCUT2D eigenvalue weighted by molar-refractivity contribution is 5.28. The maximum Gasteiger partial charge on any atom is 0.134 e. The zero-order valence-electron chi connectivity index (χ0n) is 10.0. The normalized spacial score (nSPS) is 17.9. The van der Waals surface area contributed by atoms with E-state index < -0.39 is 0 Å². The lowest BCUT2D eigenvalue weighted by Crippen LogP contribution is -2.15. The van der Waals surface area contributed by atoms with Crippen LogP contribution in [0.3, 0.4) is 0 Å². The van der Waals surface area contributed by atoms with E-state index in [9.17, 15) is 0 Å². The Balaban J connectivity index is 2.38. The molecule has 1 N–H and O–H groups in total. The summed E-state index contributed by atoms with van der Waals surface area (Å²) in [7, 11) is 1.95. The number of nitrogens with one attached hydrogen (secondary N) is 1. The molecular weight excluding hydrogens is 186 g/mol. The van der Waals surface area contributed by atoms with Crippen LogP contribution < -0.4 is 5.32 Å². The molecule has 1 aromatic heterocycles. The minimum atomic E-state index is 0.272. The number of hydrogen-bond donors (Lipinski definition) is 1. The molecule has 1 aromatic rings. The van der Waals surface area contributed by atoms with Gasteiger partial charge >= 0.3 is 0 Å². The van der Waals surface area contributed by atoms with Crippen LogP contribution in [0.2, 0.25) is 0 Å². The Hall–Kier alpha value is -0.960. The van der Waals surface area contributed by atoms with Gasteiger partial charge in [0.2, 0.25) is 0 Å². The predicted molar refractivity (Wildman–Crippen MR) is 60.9 cm³/mol. The molecule has 15 heavy (non-hydrogen) atoms. The molecule has 3 nitrogen and oxygen atoms in total. The summed E-state index contributed by atoms with van der Waals surface area (Å²) < 4.78 is 0. The minimum Gasteiger partial charge on any atom is -0.316 e. The molecule has 1 fully saturated rings. The van der Waals surface area contributed by atoms with E-state index in [0.29, 0.717) is 0 Å². The Labute approximate surface area is 91.3 Å². The van der Waals surface area contributed by atoms with Gasteiger partial charge in [-0.3, -0.25) is 0 Å². The maximum absolute atomic E-state index is 4.64. The van der Waals surface area contributed by atoms with Gasteiger partial charge in [0.1, 0.15) is 5.82 Å². The van der Waals surface area contributed by atoms with Crippen LogP contribution in [-0.2, 0) is 12.0 Å². The van der Waals surface area contributed by atoms with Crippen LogP contribution in [0.4, 0.5) is 0 Å². The molecule has 1 aliphatic rings. The van der Waals surface area contributed by atoms with Crippen molar-refractivity contribution < 1.29 is 0 Å². The van der Waals surface area contributed by atoms with E-state index in [1.165, 1.54) is 18.4 Å². The van der Waals surface area contributed by atoms with Crippen molar-refractivity contribution >= 4 is 0 Å². The van der Waals surface area contributed by atoms with E-state index in [1.807, 2.05) is 7.05 Å². The average Bonchev–Trinajstić information content (AvgIpc) is 2.91. The molecule has 82 valence electrons. The Morgan fingerprint density at radius 3 is 2.13 bits per heavy atom. The Morgan fingerprint density at radius 1 is 1.20 bits per heavy atom. The van der Waals surface area contributed by atoms with E-state index in [-0.39, 0.29) is 5.41 Å². The molecule has 0 radical (unpaired) electrons. The molecule has 1 aliphatic carbocycles. The van der Waals surface area contributed by atoms with E-state index in [2.05, 4.69) is 36.1 Å². The van der Waals surface area contributed by atoms with Gasteiger partial charge in [-0.05, 0) is 33.7 Å². The van der Waals surface area contributed by atoms with Crippen LogP contribution in [0.1, 0.15) is 42.5 Å². The van der Waals surface area contributed by atoms with Gasteiger partial charge in [-0.2, -0.15) is 0 Å². The van der Waals surface area contributed by atoms with Crippen LogP contribution in [-0.4, -0.2) is 17.0 Å². The molecule has 0 saturated heterocycles. The zero-order chi connectivity index (χ0) is 11.1. The van der Waals surface area contributed by atoms with Gasteiger partial charge in [-0.15, -0.1) is 0 Å². The highest BCUT2D eigenvalue weighted by Gasteiger charge is 2.42. The molecule has 0 aliphatic heterocycles. The van der Waals surface area contributed by atoms with Crippen molar-refractivity contribution in [2.75, 3.05) is 7.05 Å². The summed E-state index contributed by atoms with van der Waals surface area (Å²) in [6, 6.07) is 0. The summed E-state index contributed by atoms with van der Waals surface area (Å²) in [4.78, 5) is 9.27. The van der Waals surface area contributed by atoms with Crippen molar-refractivity contribution in [2.45, 2.75) is 45.6 Å². The average molecular weight is 205 g/mol. The van der Waals surface area contributed by atoms with Crippen molar-refractivity contribution in [1.29, 1.82) is 0 Å². The van der Waals surface area contributed by atoms with Crippen LogP contribution in [0, 0.1) is 13.8 Å². The van der Waals surface area contributed by atoms with Gasteiger partial charge < -0.3 is 5.32 Å². The van der Waals surface area contributed by atoms with Crippen LogP contribution in [0.5, 0.6) is 0 Å². The van der Waals surface area contributed by atoms with E-state index in [1.54, 1.807) is 0 Å². The van der Waals surface area contributed by atoms with Gasteiger partial charge in [0.15, 0.2) is 0 Å². The monoisotopic (exact) mass is 205 g/mol. The summed E-state index contributed by atoms with van der Waals surface area (Å²) in [6.45, 7) is 7.26. The second-order valence-electron chi connectivity index (χ2n) is 4.79. The molecule has 0 bridgehead atoms. The number of aryl methyl sites for hydroxylation is 2. The SMILES string of the molecule is CNCc1c(C)nc(C2(C)CC2)nc1C. The van der Waals surface area contributed by atoms with Crippen molar-refractivity contribution in [3.05, 3.63) is 22.8 Å². The quantitative estimate of drug-likeness (QED) is 0.818. The van der Waals surface area contributed by atoms with Crippen molar-refractivity contribution in [3.63, 3.8) is 0 Å². The molecule has 2 rings (SSSR count). The first-order valence-corrected chi connectivity index (χ1v) is 5.56. The number of nitrogens with zero attached hydrogens (tertiary/aromatic N) is 2. The molecule has 0 aromatic carbocycles. The van der Waals surface area contributed by atoms with Crippen LogP contribution >= 0.6 is 0 Å². The number of hydrogen-bond acceptors (Lipinski definition) is 3. The summed E-state index contributed by atoms with van der Waals surface area (Å²) in [5.74, 6) is 1.04. The smallest absolute Gasteiger partial charge is 0.134 e. The fourth-order valence-corrected chi connectivity index (χ4v) is 1.85. The molecule has 0 atom stereocenters. The molecular formula is C12H19N3. The summed E-state index contributed by atoms with van der Waals surface area (Å²) in [5.41, 5.74) is 3.76. The van der Waals surface area contributed by atoms with Gasteiger partial charge in [0.25, 0.3) is 0 Å². The predicted octanol–water partition coefficient (Wildman–Crippen LogP) is 1.86.